The summed E-state index contributed by atoms with van der Waals surface area (Å²) in [6.45, 7) is 4.48. The standard InChI is InChI=1S/C24H30N2O5S2/c1-3-31-24(28)21-19-9-4-5-10-20(19)32-23(21)25-22(27)17-11-13-18(14-12-17)33(29,30)26-15-7-6-8-16(26)2/h11-14,16H,3-10,15H2,1-2H3,(H,25,27). The molecule has 1 aliphatic carbocycles. The van der Waals surface area contributed by atoms with Crippen LogP contribution in [0.15, 0.2) is 29.2 Å². The molecular weight excluding hydrogens is 460 g/mol. The average molecular weight is 491 g/mol. The van der Waals surface area contributed by atoms with Gasteiger partial charge >= 0.3 is 5.97 Å². The minimum Gasteiger partial charge on any atom is -0.462 e. The Morgan fingerprint density at radius 2 is 1.85 bits per heavy atom. The first-order chi connectivity index (χ1) is 15.8. The van der Waals surface area contributed by atoms with Gasteiger partial charge in [0.15, 0.2) is 0 Å². The van der Waals surface area contributed by atoms with E-state index in [1.165, 1.54) is 35.6 Å². The molecule has 1 fully saturated rings. The molecule has 9 heteroatoms. The molecule has 2 heterocycles. The second-order valence-electron chi connectivity index (χ2n) is 8.57. The van der Waals surface area contributed by atoms with E-state index in [1.54, 1.807) is 11.2 Å². The molecule has 2 aliphatic rings. The summed E-state index contributed by atoms with van der Waals surface area (Å²) in [6, 6.07) is 5.98. The Morgan fingerprint density at radius 3 is 2.55 bits per heavy atom. The van der Waals surface area contributed by atoms with E-state index in [0.717, 1.165) is 55.4 Å². The Kier molecular flexibility index (Phi) is 7.21. The Morgan fingerprint density at radius 1 is 1.12 bits per heavy atom. The van der Waals surface area contributed by atoms with Crippen LogP contribution in [0, 0.1) is 0 Å². The van der Waals surface area contributed by atoms with Crippen LogP contribution < -0.4 is 5.32 Å². The number of sulfonamides is 1. The number of nitrogens with zero attached hydrogens (tertiary/aromatic N) is 1. The Balaban J connectivity index is 1.55. The Hall–Kier alpha value is -2.23. The Labute approximate surface area is 199 Å². The van der Waals surface area contributed by atoms with Gasteiger partial charge in [0.1, 0.15) is 5.00 Å². The van der Waals surface area contributed by atoms with Gasteiger partial charge in [0.25, 0.3) is 5.91 Å². The smallest absolute Gasteiger partial charge is 0.341 e. The molecule has 1 aliphatic heterocycles. The lowest BCUT2D eigenvalue weighted by Crippen LogP contribution is -2.41. The van der Waals surface area contributed by atoms with Crippen molar-refractivity contribution in [1.29, 1.82) is 0 Å². The molecule has 0 spiro atoms. The first-order valence-corrected chi connectivity index (χ1v) is 13.8. The first-order valence-electron chi connectivity index (χ1n) is 11.6. The highest BCUT2D eigenvalue weighted by atomic mass is 32.2. The molecule has 7 nitrogen and oxygen atoms in total. The molecule has 4 rings (SSSR count). The average Bonchev–Trinajstić information content (AvgIpc) is 3.17. The minimum atomic E-state index is -3.60. The topological polar surface area (TPSA) is 92.8 Å². The number of benzene rings is 1. The zero-order valence-corrected chi connectivity index (χ0v) is 20.7. The van der Waals surface area contributed by atoms with Crippen molar-refractivity contribution in [2.75, 3.05) is 18.5 Å². The van der Waals surface area contributed by atoms with E-state index in [9.17, 15) is 18.0 Å². The van der Waals surface area contributed by atoms with Crippen molar-refractivity contribution in [2.45, 2.75) is 69.7 Å². The quantitative estimate of drug-likeness (QED) is 0.597. The number of anilines is 1. The number of carbonyl (C=O) groups excluding carboxylic acids is 2. The van der Waals surface area contributed by atoms with Gasteiger partial charge in [-0.3, -0.25) is 4.79 Å². The molecular formula is C24H30N2O5S2. The molecule has 0 saturated carbocycles. The molecule has 1 N–H and O–H groups in total. The fourth-order valence-electron chi connectivity index (χ4n) is 4.59. The Bertz CT molecular complexity index is 1140. The van der Waals surface area contributed by atoms with Gasteiger partial charge in [0.05, 0.1) is 17.1 Å². The molecule has 1 atom stereocenters. The molecule has 1 amide bonds. The number of thiophene rings is 1. The van der Waals surface area contributed by atoms with Crippen molar-refractivity contribution in [2.24, 2.45) is 0 Å². The molecule has 1 saturated heterocycles. The van der Waals surface area contributed by atoms with Crippen molar-refractivity contribution >= 4 is 38.2 Å². The zero-order valence-electron chi connectivity index (χ0n) is 19.1. The highest BCUT2D eigenvalue weighted by molar-refractivity contribution is 7.89. The third kappa shape index (κ3) is 4.85. The van der Waals surface area contributed by atoms with Gasteiger partial charge in [-0.05, 0) is 82.2 Å². The highest BCUT2D eigenvalue weighted by Gasteiger charge is 2.31. The van der Waals surface area contributed by atoms with E-state index in [1.807, 2.05) is 6.92 Å². The van der Waals surface area contributed by atoms with Gasteiger partial charge in [0, 0.05) is 23.0 Å². The van der Waals surface area contributed by atoms with Crippen LogP contribution >= 0.6 is 11.3 Å². The van der Waals surface area contributed by atoms with Crippen molar-refractivity contribution in [3.05, 3.63) is 45.8 Å². The van der Waals surface area contributed by atoms with E-state index in [2.05, 4.69) is 5.32 Å². The maximum Gasteiger partial charge on any atom is 0.341 e. The van der Waals surface area contributed by atoms with Crippen molar-refractivity contribution in [1.82, 2.24) is 4.31 Å². The third-order valence-corrected chi connectivity index (χ3v) is 9.58. The fourth-order valence-corrected chi connectivity index (χ4v) is 7.56. The van der Waals surface area contributed by atoms with Crippen molar-refractivity contribution in [3.8, 4) is 0 Å². The highest BCUT2D eigenvalue weighted by Crippen LogP contribution is 2.39. The minimum absolute atomic E-state index is 0.0297. The summed E-state index contributed by atoms with van der Waals surface area (Å²) >= 11 is 1.43. The van der Waals surface area contributed by atoms with Crippen LogP contribution in [0.25, 0.3) is 0 Å². The number of carbonyl (C=O) groups is 2. The van der Waals surface area contributed by atoms with E-state index in [-0.39, 0.29) is 23.5 Å². The fraction of sp³-hybridized carbons (Fsp3) is 0.500. The first kappa shape index (κ1) is 23.9. The zero-order chi connectivity index (χ0) is 23.6. The number of fused-ring (bicyclic) bond motifs is 1. The summed E-state index contributed by atoms with van der Waals surface area (Å²) in [6.07, 6.45) is 6.52. The lowest BCUT2D eigenvalue weighted by Gasteiger charge is -2.32. The van der Waals surface area contributed by atoms with E-state index in [4.69, 9.17) is 4.74 Å². The molecule has 1 unspecified atom stereocenters. The van der Waals surface area contributed by atoms with Gasteiger partial charge < -0.3 is 10.1 Å². The van der Waals surface area contributed by atoms with Gasteiger partial charge in [-0.2, -0.15) is 4.31 Å². The summed E-state index contributed by atoms with van der Waals surface area (Å²) in [5, 5.41) is 3.37. The summed E-state index contributed by atoms with van der Waals surface area (Å²) in [5.74, 6) is -0.793. The number of nitrogens with one attached hydrogen (secondary N) is 1. The largest absolute Gasteiger partial charge is 0.462 e. The SMILES string of the molecule is CCOC(=O)c1c(NC(=O)c2ccc(S(=O)(=O)N3CCCCC3C)cc2)sc2c1CCCC2. The number of aryl methyl sites for hydroxylation is 1. The summed E-state index contributed by atoms with van der Waals surface area (Å²) in [7, 11) is -3.60. The molecule has 33 heavy (non-hydrogen) atoms. The third-order valence-electron chi connectivity index (χ3n) is 6.34. The maximum atomic E-state index is 13.0. The van der Waals surface area contributed by atoms with Gasteiger partial charge in [-0.25, -0.2) is 13.2 Å². The monoisotopic (exact) mass is 490 g/mol. The second-order valence-corrected chi connectivity index (χ2v) is 11.6. The van der Waals surface area contributed by atoms with Gasteiger partial charge in [0.2, 0.25) is 10.0 Å². The van der Waals surface area contributed by atoms with Crippen LogP contribution in [-0.4, -0.2) is 43.8 Å². The number of rotatable bonds is 6. The molecule has 178 valence electrons. The lowest BCUT2D eigenvalue weighted by atomic mass is 9.95. The lowest BCUT2D eigenvalue weighted by molar-refractivity contribution is 0.0526. The van der Waals surface area contributed by atoms with E-state index in [0.29, 0.717) is 22.7 Å². The summed E-state index contributed by atoms with van der Waals surface area (Å²) < 4.78 is 32.9. The molecule has 0 radical (unpaired) electrons. The predicted molar refractivity (Wildman–Crippen MR) is 129 cm³/mol. The number of hydrogen-bond donors (Lipinski definition) is 1. The summed E-state index contributed by atoms with van der Waals surface area (Å²) in [4.78, 5) is 26.9. The molecule has 1 aromatic heterocycles. The predicted octanol–water partition coefficient (Wildman–Crippen LogP) is 4.62. The van der Waals surface area contributed by atoms with Gasteiger partial charge in [-0.1, -0.05) is 6.42 Å². The number of ether oxygens (including phenoxy) is 1. The van der Waals surface area contributed by atoms with Gasteiger partial charge in [-0.15, -0.1) is 11.3 Å². The van der Waals surface area contributed by atoms with Crippen LogP contribution in [0.1, 0.15) is 77.1 Å². The van der Waals surface area contributed by atoms with Crippen molar-refractivity contribution < 1.29 is 22.7 Å². The number of piperidine rings is 1. The van der Waals surface area contributed by atoms with Crippen LogP contribution in [0.3, 0.4) is 0 Å². The van der Waals surface area contributed by atoms with Crippen LogP contribution in [-0.2, 0) is 27.6 Å². The normalized spacial score (nSPS) is 19.0. The summed E-state index contributed by atoms with van der Waals surface area (Å²) in [5.41, 5.74) is 1.78. The number of amides is 1. The number of esters is 1. The van der Waals surface area contributed by atoms with E-state index >= 15 is 0 Å². The molecule has 2 aromatic rings. The van der Waals surface area contributed by atoms with Crippen LogP contribution in [0.2, 0.25) is 0 Å². The van der Waals surface area contributed by atoms with E-state index < -0.39 is 16.0 Å². The molecule has 0 bridgehead atoms. The number of hydrogen-bond acceptors (Lipinski definition) is 6. The second kappa shape index (κ2) is 9.95. The van der Waals surface area contributed by atoms with Crippen molar-refractivity contribution in [3.63, 3.8) is 0 Å². The van der Waals surface area contributed by atoms with Crippen LogP contribution in [0.4, 0.5) is 5.00 Å². The molecule has 1 aromatic carbocycles. The van der Waals surface area contributed by atoms with Crippen LogP contribution in [0.5, 0.6) is 0 Å². The maximum absolute atomic E-state index is 13.0.